The average molecular weight is 357 g/mol. The average Bonchev–Trinajstić information content (AvgIpc) is 2.75. The van der Waals surface area contributed by atoms with Gasteiger partial charge in [-0.15, -0.1) is 0 Å². The molecule has 0 bridgehead atoms. The van der Waals surface area contributed by atoms with Crippen LogP contribution in [0.5, 0.6) is 0 Å². The van der Waals surface area contributed by atoms with Crippen LogP contribution in [-0.2, 0) is 0 Å². The van der Waals surface area contributed by atoms with Crippen LogP contribution in [0.15, 0.2) is 41.6 Å². The Morgan fingerprint density at radius 3 is 2.45 bits per heavy atom. The van der Waals surface area contributed by atoms with Crippen LogP contribution in [-0.4, -0.2) is 19.3 Å². The predicted molar refractivity (Wildman–Crippen MR) is 73.4 cm³/mol. The van der Waals surface area contributed by atoms with Crippen molar-refractivity contribution in [3.63, 3.8) is 0 Å². The molecule has 22 heavy (non-hydrogen) atoms. The number of rotatable bonds is 2. The van der Waals surface area contributed by atoms with Crippen LogP contribution < -0.4 is 0 Å². The van der Waals surface area contributed by atoms with Crippen molar-refractivity contribution in [2.45, 2.75) is 4.90 Å². The molecule has 0 spiro atoms. The lowest BCUT2D eigenvalue weighted by atomic mass is 10.2. The lowest BCUT2D eigenvalue weighted by molar-refractivity contribution is 0.364. The SMILES string of the molecule is FS(F)(F)(F)(F)c1cccc(-c2ncc3nn(Cl)cc3n2)c1. The predicted octanol–water partition coefficient (Wildman–Crippen LogP) is 5.15. The van der Waals surface area contributed by atoms with E-state index in [-0.39, 0.29) is 16.9 Å². The van der Waals surface area contributed by atoms with Crippen molar-refractivity contribution in [2.24, 2.45) is 0 Å². The molecule has 1 aromatic carbocycles. The molecular weight excluding hydrogens is 351 g/mol. The van der Waals surface area contributed by atoms with Gasteiger partial charge in [-0.05, 0) is 12.1 Å². The fraction of sp³-hybridized carbons (Fsp3) is 0. The van der Waals surface area contributed by atoms with Gasteiger partial charge in [0.1, 0.15) is 15.9 Å². The maximum Gasteiger partial charge on any atom is 0.310 e. The number of nitrogens with zero attached hydrogens (tertiary/aromatic N) is 4. The Balaban J connectivity index is 2.16. The highest BCUT2D eigenvalue weighted by Crippen LogP contribution is 3.02. The van der Waals surface area contributed by atoms with Crippen LogP contribution in [0.2, 0.25) is 0 Å². The maximum absolute atomic E-state index is 12.8. The minimum Gasteiger partial charge on any atom is -0.234 e. The first-order valence-electron chi connectivity index (χ1n) is 5.65. The lowest BCUT2D eigenvalue weighted by Gasteiger charge is -2.40. The molecule has 0 aliphatic heterocycles. The van der Waals surface area contributed by atoms with Crippen LogP contribution in [0.4, 0.5) is 19.4 Å². The van der Waals surface area contributed by atoms with Gasteiger partial charge < -0.3 is 0 Å². The third-order valence-electron chi connectivity index (χ3n) is 2.77. The van der Waals surface area contributed by atoms with E-state index in [2.05, 4.69) is 15.1 Å². The highest BCUT2D eigenvalue weighted by atomic mass is 35.5. The third-order valence-corrected chi connectivity index (χ3v) is 4.09. The minimum atomic E-state index is -9.75. The molecule has 2 aromatic heterocycles. The molecule has 118 valence electrons. The van der Waals surface area contributed by atoms with Gasteiger partial charge in [0.2, 0.25) is 0 Å². The second-order valence-corrected chi connectivity index (χ2v) is 7.23. The third kappa shape index (κ3) is 2.83. The highest BCUT2D eigenvalue weighted by molar-refractivity contribution is 8.45. The van der Waals surface area contributed by atoms with Gasteiger partial charge >= 0.3 is 10.2 Å². The summed E-state index contributed by atoms with van der Waals surface area (Å²) in [5.41, 5.74) is 0.412. The van der Waals surface area contributed by atoms with E-state index in [9.17, 15) is 19.4 Å². The van der Waals surface area contributed by atoms with Crippen molar-refractivity contribution in [2.75, 3.05) is 0 Å². The molecule has 0 amide bonds. The standard InChI is InChI=1S/C11H6ClF5N4S/c12-21-6-10-9(20-21)5-18-11(19-10)7-2-1-3-8(4-7)22(13,14,15,16)17/h1-6H. The van der Waals surface area contributed by atoms with E-state index < -0.39 is 15.1 Å². The Morgan fingerprint density at radius 2 is 1.77 bits per heavy atom. The first kappa shape index (κ1) is 15.0. The number of hydrogen-bond acceptors (Lipinski definition) is 3. The molecule has 0 aliphatic carbocycles. The normalized spacial score (nSPS) is 15.5. The first-order valence-corrected chi connectivity index (χ1v) is 7.94. The quantitative estimate of drug-likeness (QED) is 0.596. The summed E-state index contributed by atoms with van der Waals surface area (Å²) in [6.45, 7) is 0. The van der Waals surface area contributed by atoms with Crippen molar-refractivity contribution in [3.05, 3.63) is 36.7 Å². The molecule has 0 N–H and O–H groups in total. The van der Waals surface area contributed by atoms with Gasteiger partial charge in [-0.25, -0.2) is 9.97 Å². The number of fused-ring (bicyclic) bond motifs is 1. The molecule has 3 aromatic rings. The van der Waals surface area contributed by atoms with Crippen LogP contribution in [0, 0.1) is 0 Å². The van der Waals surface area contributed by atoms with Gasteiger partial charge in [-0.2, -0.15) is 9.30 Å². The van der Waals surface area contributed by atoms with E-state index in [1.165, 1.54) is 18.5 Å². The number of benzene rings is 1. The molecule has 0 radical (unpaired) electrons. The molecule has 0 aliphatic rings. The second-order valence-electron chi connectivity index (χ2n) is 4.48. The number of aromatic nitrogens is 4. The Labute approximate surface area is 125 Å². The van der Waals surface area contributed by atoms with Crippen molar-refractivity contribution >= 4 is 33.0 Å². The Morgan fingerprint density at radius 1 is 1.05 bits per heavy atom. The molecule has 0 atom stereocenters. The van der Waals surface area contributed by atoms with Crippen molar-refractivity contribution in [1.29, 1.82) is 0 Å². The molecule has 11 heteroatoms. The highest BCUT2D eigenvalue weighted by Gasteiger charge is 2.65. The van der Waals surface area contributed by atoms with Crippen LogP contribution >= 0.6 is 22.0 Å². The minimum absolute atomic E-state index is 0.138. The largest absolute Gasteiger partial charge is 0.310 e. The van der Waals surface area contributed by atoms with E-state index in [4.69, 9.17) is 11.8 Å². The number of hydrogen-bond donors (Lipinski definition) is 0. The molecule has 3 rings (SSSR count). The van der Waals surface area contributed by atoms with Gasteiger partial charge in [0, 0.05) is 17.3 Å². The van der Waals surface area contributed by atoms with Crippen molar-refractivity contribution in [3.8, 4) is 11.4 Å². The van der Waals surface area contributed by atoms with Gasteiger partial charge in [0.15, 0.2) is 5.82 Å². The Bertz CT molecular complexity index is 893. The zero-order valence-corrected chi connectivity index (χ0v) is 12.0. The first-order chi connectivity index (χ1) is 9.92. The van der Waals surface area contributed by atoms with Crippen LogP contribution in [0.3, 0.4) is 0 Å². The summed E-state index contributed by atoms with van der Waals surface area (Å²) in [4.78, 5) is 5.78. The van der Waals surface area contributed by atoms with Crippen molar-refractivity contribution in [1.82, 2.24) is 19.3 Å². The van der Waals surface area contributed by atoms with Crippen LogP contribution in [0.1, 0.15) is 0 Å². The van der Waals surface area contributed by atoms with Gasteiger partial charge in [0.05, 0.1) is 12.4 Å². The molecule has 0 saturated heterocycles. The summed E-state index contributed by atoms with van der Waals surface area (Å²) >= 11 is 5.60. The molecule has 0 saturated carbocycles. The lowest BCUT2D eigenvalue weighted by Crippen LogP contribution is -2.06. The topological polar surface area (TPSA) is 43.6 Å². The summed E-state index contributed by atoms with van der Waals surface area (Å²) in [7, 11) is -9.75. The smallest absolute Gasteiger partial charge is 0.234 e. The van der Waals surface area contributed by atoms with E-state index in [0.29, 0.717) is 17.6 Å². The molecular formula is C11H6ClF5N4S. The van der Waals surface area contributed by atoms with E-state index in [1.807, 2.05) is 0 Å². The van der Waals surface area contributed by atoms with Crippen LogP contribution in [0.25, 0.3) is 22.4 Å². The summed E-state index contributed by atoms with van der Waals surface area (Å²) in [5.74, 6) is -0.138. The second kappa shape index (κ2) is 3.87. The van der Waals surface area contributed by atoms with Gasteiger partial charge in [0.25, 0.3) is 0 Å². The Kier molecular flexibility index (Phi) is 2.64. The van der Waals surface area contributed by atoms with Gasteiger partial charge in [-0.1, -0.05) is 31.6 Å². The fourth-order valence-electron chi connectivity index (χ4n) is 1.81. The Hall–Kier alpha value is -1.94. The zero-order chi connectivity index (χ0) is 16.2. The van der Waals surface area contributed by atoms with E-state index in [1.54, 1.807) is 0 Å². The monoisotopic (exact) mass is 356 g/mol. The molecule has 2 heterocycles. The summed E-state index contributed by atoms with van der Waals surface area (Å²) < 4.78 is 65.1. The summed E-state index contributed by atoms with van der Waals surface area (Å²) in [6, 6.07) is 2.73. The van der Waals surface area contributed by atoms with Gasteiger partial charge in [-0.3, -0.25) is 0 Å². The molecule has 0 fully saturated rings. The fourth-order valence-corrected chi connectivity index (χ4v) is 2.67. The molecule has 0 unspecified atom stereocenters. The summed E-state index contributed by atoms with van der Waals surface area (Å²) in [5, 5.41) is 3.79. The van der Waals surface area contributed by atoms with E-state index >= 15 is 0 Å². The summed E-state index contributed by atoms with van der Waals surface area (Å²) in [6.07, 6.45) is 2.55. The number of halogens is 6. The van der Waals surface area contributed by atoms with Crippen molar-refractivity contribution < 1.29 is 19.4 Å². The zero-order valence-electron chi connectivity index (χ0n) is 10.4. The molecule has 4 nitrogen and oxygen atoms in total. The maximum atomic E-state index is 12.8. The van der Waals surface area contributed by atoms with E-state index in [0.717, 1.165) is 10.3 Å².